The molecule has 0 aliphatic heterocycles. The number of nitrogens with one attached hydrogen (secondary N) is 1. The molecule has 28 heavy (non-hydrogen) atoms. The second-order valence-corrected chi connectivity index (χ2v) is 8.42. The van der Waals surface area contributed by atoms with Gasteiger partial charge in [-0.1, -0.05) is 56.3 Å². The van der Waals surface area contributed by atoms with Gasteiger partial charge in [-0.3, -0.25) is 4.57 Å². The van der Waals surface area contributed by atoms with E-state index in [1.54, 1.807) is 7.05 Å². The molecule has 0 aliphatic carbocycles. The lowest BCUT2D eigenvalue weighted by Crippen LogP contribution is -2.16. The van der Waals surface area contributed by atoms with Crippen molar-refractivity contribution in [2.24, 2.45) is 0 Å². The first-order chi connectivity index (χ1) is 13.6. The SMILES string of the molecule is CCCOP(=O)(OCCC)c1nc(Cc2cccc3ccccc23)oc1NC. The summed E-state index contributed by atoms with van der Waals surface area (Å²) in [7, 11) is -1.85. The minimum absolute atomic E-state index is 0.215. The van der Waals surface area contributed by atoms with E-state index >= 15 is 0 Å². The van der Waals surface area contributed by atoms with Gasteiger partial charge >= 0.3 is 7.60 Å². The van der Waals surface area contributed by atoms with Crippen molar-refractivity contribution in [2.45, 2.75) is 33.1 Å². The molecule has 6 nitrogen and oxygen atoms in total. The third-order valence-electron chi connectivity index (χ3n) is 4.29. The fraction of sp³-hybridized carbons (Fsp3) is 0.381. The molecule has 1 heterocycles. The second kappa shape index (κ2) is 9.37. The number of fused-ring (bicyclic) bond motifs is 1. The molecule has 3 rings (SSSR count). The van der Waals surface area contributed by atoms with Crippen LogP contribution in [0.25, 0.3) is 10.8 Å². The van der Waals surface area contributed by atoms with Crippen LogP contribution in [0.3, 0.4) is 0 Å². The molecule has 7 heteroatoms. The van der Waals surface area contributed by atoms with Crippen LogP contribution in [0.15, 0.2) is 46.9 Å². The molecule has 0 saturated carbocycles. The molecule has 0 fully saturated rings. The molecule has 150 valence electrons. The lowest BCUT2D eigenvalue weighted by atomic mass is 10.0. The van der Waals surface area contributed by atoms with Gasteiger partial charge in [0.2, 0.25) is 17.2 Å². The molecule has 0 atom stereocenters. The quantitative estimate of drug-likeness (QED) is 0.474. The molecular formula is C21H27N2O4P. The molecule has 0 radical (unpaired) electrons. The lowest BCUT2D eigenvalue weighted by molar-refractivity contribution is 0.213. The van der Waals surface area contributed by atoms with Crippen LogP contribution in [0, 0.1) is 0 Å². The molecule has 3 aromatic rings. The van der Waals surface area contributed by atoms with Crippen LogP contribution >= 0.6 is 7.60 Å². The Labute approximate surface area is 165 Å². The standard InChI is InChI=1S/C21H27N2O4P/c1-4-13-25-28(24,26-14-5-2)21-20(22-3)27-19(23-21)15-17-11-8-10-16-9-6-7-12-18(16)17/h6-12,22H,4-5,13-15H2,1-3H3. The van der Waals surface area contributed by atoms with Crippen molar-refractivity contribution in [1.29, 1.82) is 0 Å². The first-order valence-corrected chi connectivity index (χ1v) is 11.2. The molecule has 2 aromatic carbocycles. The van der Waals surface area contributed by atoms with Crippen molar-refractivity contribution >= 4 is 29.7 Å². The Hall–Kier alpha value is -2.14. The first-order valence-electron chi connectivity index (χ1n) is 9.65. The average molecular weight is 402 g/mol. The van der Waals surface area contributed by atoms with Gasteiger partial charge in [0.15, 0.2) is 0 Å². The summed E-state index contributed by atoms with van der Waals surface area (Å²) >= 11 is 0. The van der Waals surface area contributed by atoms with Crippen LogP contribution in [0.4, 0.5) is 5.88 Å². The average Bonchev–Trinajstić information content (AvgIpc) is 3.15. The van der Waals surface area contributed by atoms with Crippen LogP contribution in [0.5, 0.6) is 0 Å². The van der Waals surface area contributed by atoms with Gasteiger partial charge in [-0.05, 0) is 29.2 Å². The molecule has 1 aromatic heterocycles. The van der Waals surface area contributed by atoms with Crippen LogP contribution in [-0.4, -0.2) is 25.2 Å². The Morgan fingerprint density at radius 2 is 1.71 bits per heavy atom. The Morgan fingerprint density at radius 3 is 2.39 bits per heavy atom. The Morgan fingerprint density at radius 1 is 1.04 bits per heavy atom. The highest BCUT2D eigenvalue weighted by Gasteiger charge is 2.35. The van der Waals surface area contributed by atoms with Crippen molar-refractivity contribution in [3.63, 3.8) is 0 Å². The molecule has 0 saturated heterocycles. The minimum Gasteiger partial charge on any atom is -0.424 e. The van der Waals surface area contributed by atoms with Crippen molar-refractivity contribution in [1.82, 2.24) is 4.98 Å². The van der Waals surface area contributed by atoms with Gasteiger partial charge in [0, 0.05) is 7.05 Å². The zero-order chi connectivity index (χ0) is 20.0. The van der Waals surface area contributed by atoms with Crippen molar-refractivity contribution < 1.29 is 18.0 Å². The van der Waals surface area contributed by atoms with Gasteiger partial charge in [0.1, 0.15) is 0 Å². The highest BCUT2D eigenvalue weighted by atomic mass is 31.2. The van der Waals surface area contributed by atoms with E-state index in [0.29, 0.717) is 31.4 Å². The maximum Gasteiger partial charge on any atom is 0.385 e. The zero-order valence-electron chi connectivity index (χ0n) is 16.6. The summed E-state index contributed by atoms with van der Waals surface area (Å²) in [6, 6.07) is 14.3. The summed E-state index contributed by atoms with van der Waals surface area (Å²) in [5.41, 5.74) is 1.31. The summed E-state index contributed by atoms with van der Waals surface area (Å²) in [5.74, 6) is 0.793. The number of rotatable bonds is 10. The Balaban J connectivity index is 1.95. The molecule has 0 amide bonds. The zero-order valence-corrected chi connectivity index (χ0v) is 17.5. The predicted octanol–water partition coefficient (Wildman–Crippen LogP) is 5.13. The third kappa shape index (κ3) is 4.46. The van der Waals surface area contributed by atoms with Crippen molar-refractivity contribution in [3.8, 4) is 0 Å². The molecular weight excluding hydrogens is 375 g/mol. The summed E-state index contributed by atoms with van der Waals surface area (Å²) in [6.45, 7) is 4.57. The van der Waals surface area contributed by atoms with Crippen LogP contribution in [0.1, 0.15) is 38.1 Å². The summed E-state index contributed by atoms with van der Waals surface area (Å²) in [6.07, 6.45) is 1.95. The summed E-state index contributed by atoms with van der Waals surface area (Å²) < 4.78 is 30.5. The summed E-state index contributed by atoms with van der Waals surface area (Å²) in [4.78, 5) is 4.52. The minimum atomic E-state index is -3.56. The Kier molecular flexibility index (Phi) is 6.89. The van der Waals surface area contributed by atoms with E-state index in [0.717, 1.165) is 29.2 Å². The number of oxazole rings is 1. The van der Waals surface area contributed by atoms with Crippen LogP contribution < -0.4 is 10.8 Å². The maximum atomic E-state index is 13.4. The molecule has 0 bridgehead atoms. The number of anilines is 1. The normalized spacial score (nSPS) is 11.8. The fourth-order valence-corrected chi connectivity index (χ4v) is 4.78. The molecule has 0 aliphatic rings. The second-order valence-electron chi connectivity index (χ2n) is 6.49. The highest BCUT2D eigenvalue weighted by molar-refractivity contribution is 7.62. The fourth-order valence-electron chi connectivity index (χ4n) is 2.97. The molecule has 0 unspecified atom stereocenters. The van der Waals surface area contributed by atoms with E-state index in [2.05, 4.69) is 28.5 Å². The maximum absolute atomic E-state index is 13.4. The smallest absolute Gasteiger partial charge is 0.385 e. The first kappa shape index (κ1) is 20.6. The highest BCUT2D eigenvalue weighted by Crippen LogP contribution is 2.49. The summed E-state index contributed by atoms with van der Waals surface area (Å²) in [5, 5.41) is 5.23. The molecule has 1 N–H and O–H groups in total. The van der Waals surface area contributed by atoms with E-state index in [1.807, 2.05) is 38.1 Å². The number of hydrogen-bond donors (Lipinski definition) is 1. The van der Waals surface area contributed by atoms with Crippen LogP contribution in [-0.2, 0) is 20.0 Å². The van der Waals surface area contributed by atoms with Crippen LogP contribution in [0.2, 0.25) is 0 Å². The van der Waals surface area contributed by atoms with Gasteiger partial charge < -0.3 is 18.8 Å². The van der Waals surface area contributed by atoms with E-state index in [-0.39, 0.29) is 5.44 Å². The van der Waals surface area contributed by atoms with Gasteiger partial charge in [-0.15, -0.1) is 0 Å². The van der Waals surface area contributed by atoms with E-state index in [4.69, 9.17) is 13.5 Å². The van der Waals surface area contributed by atoms with Crippen molar-refractivity contribution in [3.05, 3.63) is 53.9 Å². The molecule has 0 spiro atoms. The van der Waals surface area contributed by atoms with E-state index < -0.39 is 7.60 Å². The number of nitrogens with zero attached hydrogens (tertiary/aromatic N) is 1. The predicted molar refractivity (Wildman–Crippen MR) is 113 cm³/mol. The van der Waals surface area contributed by atoms with Gasteiger partial charge in [-0.25, -0.2) is 4.98 Å². The number of aromatic nitrogens is 1. The van der Waals surface area contributed by atoms with Gasteiger partial charge in [-0.2, -0.15) is 0 Å². The van der Waals surface area contributed by atoms with Gasteiger partial charge in [0.05, 0.1) is 19.6 Å². The number of benzene rings is 2. The van der Waals surface area contributed by atoms with E-state index in [9.17, 15) is 4.57 Å². The van der Waals surface area contributed by atoms with Gasteiger partial charge in [0.25, 0.3) is 0 Å². The lowest BCUT2D eigenvalue weighted by Gasteiger charge is -2.16. The number of hydrogen-bond acceptors (Lipinski definition) is 6. The topological polar surface area (TPSA) is 73.6 Å². The largest absolute Gasteiger partial charge is 0.424 e. The van der Waals surface area contributed by atoms with E-state index in [1.165, 1.54) is 0 Å². The Bertz CT molecular complexity index is 953. The van der Waals surface area contributed by atoms with Crippen molar-refractivity contribution in [2.75, 3.05) is 25.6 Å². The monoisotopic (exact) mass is 402 g/mol. The third-order valence-corrected chi connectivity index (χ3v) is 6.16.